The highest BCUT2D eigenvalue weighted by atomic mass is 16.5. The van der Waals surface area contributed by atoms with Gasteiger partial charge in [-0.15, -0.1) is 0 Å². The fraction of sp³-hybridized carbons (Fsp3) is 0.211. The molecule has 0 atom stereocenters. The summed E-state index contributed by atoms with van der Waals surface area (Å²) in [5.41, 5.74) is 1.14. The van der Waals surface area contributed by atoms with Crippen molar-refractivity contribution in [3.63, 3.8) is 0 Å². The van der Waals surface area contributed by atoms with E-state index in [0.717, 1.165) is 6.42 Å². The quantitative estimate of drug-likeness (QED) is 0.708. The number of aromatic nitrogens is 3. The zero-order valence-corrected chi connectivity index (χ0v) is 14.8. The van der Waals surface area contributed by atoms with Crippen LogP contribution in [-0.2, 0) is 0 Å². The number of hydrogen-bond donors (Lipinski definition) is 1. The van der Waals surface area contributed by atoms with Crippen LogP contribution in [0.15, 0.2) is 61.3 Å². The normalized spacial score (nSPS) is 10.4. The van der Waals surface area contributed by atoms with E-state index in [1.807, 2.05) is 34.1 Å². The van der Waals surface area contributed by atoms with E-state index >= 15 is 0 Å². The molecule has 7 heteroatoms. The molecule has 0 saturated carbocycles. The topological polar surface area (TPSA) is 72.3 Å². The SMILES string of the molecule is CCCN(c1ncccc1C(=O)Nc1cccc(OC)c1)n1ccnc1. The average Bonchev–Trinajstić information content (AvgIpc) is 3.20. The lowest BCUT2D eigenvalue weighted by Crippen LogP contribution is -2.32. The number of amides is 1. The Bertz CT molecular complexity index is 864. The molecule has 1 N–H and O–H groups in total. The molecule has 7 nitrogen and oxygen atoms in total. The van der Waals surface area contributed by atoms with Crippen molar-refractivity contribution in [2.24, 2.45) is 0 Å². The molecular weight excluding hydrogens is 330 g/mol. The number of carbonyl (C=O) groups excluding carboxylic acids is 1. The molecule has 2 aromatic heterocycles. The average molecular weight is 351 g/mol. The summed E-state index contributed by atoms with van der Waals surface area (Å²) >= 11 is 0. The number of nitrogens with zero attached hydrogens (tertiary/aromatic N) is 4. The summed E-state index contributed by atoms with van der Waals surface area (Å²) in [5.74, 6) is 1.02. The molecule has 26 heavy (non-hydrogen) atoms. The van der Waals surface area contributed by atoms with Crippen LogP contribution in [0.5, 0.6) is 5.75 Å². The van der Waals surface area contributed by atoms with Crippen LogP contribution in [0.4, 0.5) is 11.5 Å². The number of rotatable bonds is 7. The highest BCUT2D eigenvalue weighted by Gasteiger charge is 2.19. The molecule has 0 aliphatic rings. The van der Waals surface area contributed by atoms with Gasteiger partial charge in [0, 0.05) is 36.9 Å². The summed E-state index contributed by atoms with van der Waals surface area (Å²) in [4.78, 5) is 21.4. The standard InChI is InChI=1S/C19H21N5O2/c1-3-11-24(23-12-10-20-14-23)18-17(8-5-9-21-18)19(25)22-15-6-4-7-16(13-15)26-2/h4-10,12-14H,3,11H2,1-2H3,(H,22,25). The number of anilines is 2. The molecule has 0 aliphatic carbocycles. The van der Waals surface area contributed by atoms with Gasteiger partial charge in [0.25, 0.3) is 5.91 Å². The molecule has 3 aromatic rings. The van der Waals surface area contributed by atoms with Gasteiger partial charge in [0.15, 0.2) is 5.82 Å². The minimum Gasteiger partial charge on any atom is -0.497 e. The van der Waals surface area contributed by atoms with Crippen LogP contribution in [0, 0.1) is 0 Å². The molecule has 3 rings (SSSR count). The third kappa shape index (κ3) is 3.83. The Hall–Kier alpha value is -3.35. The summed E-state index contributed by atoms with van der Waals surface area (Å²) in [6.45, 7) is 2.77. The number of benzene rings is 1. The number of hydrogen-bond acceptors (Lipinski definition) is 5. The van der Waals surface area contributed by atoms with E-state index < -0.39 is 0 Å². The minimum absolute atomic E-state index is 0.234. The van der Waals surface area contributed by atoms with Crippen LogP contribution < -0.4 is 15.1 Å². The van der Waals surface area contributed by atoms with Gasteiger partial charge in [0.05, 0.1) is 12.7 Å². The highest BCUT2D eigenvalue weighted by Crippen LogP contribution is 2.22. The van der Waals surface area contributed by atoms with E-state index in [9.17, 15) is 4.79 Å². The predicted octanol–water partition coefficient (Wildman–Crippen LogP) is 3.22. The third-order valence-electron chi connectivity index (χ3n) is 3.81. The van der Waals surface area contributed by atoms with Crippen molar-refractivity contribution >= 4 is 17.4 Å². The molecule has 0 saturated heterocycles. The molecule has 0 fully saturated rings. The van der Waals surface area contributed by atoms with Crippen LogP contribution in [0.1, 0.15) is 23.7 Å². The first kappa shape index (κ1) is 17.5. The van der Waals surface area contributed by atoms with Gasteiger partial charge in [-0.05, 0) is 30.7 Å². The predicted molar refractivity (Wildman–Crippen MR) is 100 cm³/mol. The highest BCUT2D eigenvalue weighted by molar-refractivity contribution is 6.07. The summed E-state index contributed by atoms with van der Waals surface area (Å²) in [5, 5.41) is 4.83. The number of pyridine rings is 1. The molecule has 0 bridgehead atoms. The van der Waals surface area contributed by atoms with Crippen molar-refractivity contribution in [3.05, 3.63) is 66.9 Å². The first-order chi connectivity index (χ1) is 12.7. The lowest BCUT2D eigenvalue weighted by molar-refractivity contribution is 0.102. The van der Waals surface area contributed by atoms with E-state index in [1.165, 1.54) is 0 Å². The number of ether oxygens (including phenoxy) is 1. The van der Waals surface area contributed by atoms with E-state index in [-0.39, 0.29) is 5.91 Å². The van der Waals surface area contributed by atoms with Crippen molar-refractivity contribution in [1.29, 1.82) is 0 Å². The maximum absolute atomic E-state index is 12.9. The lowest BCUT2D eigenvalue weighted by Gasteiger charge is -2.25. The molecule has 1 amide bonds. The minimum atomic E-state index is -0.234. The van der Waals surface area contributed by atoms with Gasteiger partial charge in [-0.2, -0.15) is 0 Å². The second-order valence-corrected chi connectivity index (χ2v) is 5.63. The molecule has 0 unspecified atom stereocenters. The Kier molecular flexibility index (Phi) is 5.48. The first-order valence-electron chi connectivity index (χ1n) is 8.39. The van der Waals surface area contributed by atoms with Crippen LogP contribution in [0.2, 0.25) is 0 Å². The molecule has 0 aliphatic heterocycles. The molecule has 1 aromatic carbocycles. The van der Waals surface area contributed by atoms with Crippen LogP contribution in [0.25, 0.3) is 0 Å². The summed E-state index contributed by atoms with van der Waals surface area (Å²) in [7, 11) is 1.59. The maximum atomic E-state index is 12.9. The smallest absolute Gasteiger partial charge is 0.259 e. The zero-order chi connectivity index (χ0) is 18.4. The van der Waals surface area contributed by atoms with Gasteiger partial charge in [-0.25, -0.2) is 14.6 Å². The Morgan fingerprint density at radius 1 is 1.27 bits per heavy atom. The fourth-order valence-corrected chi connectivity index (χ4v) is 2.62. The monoisotopic (exact) mass is 351 g/mol. The van der Waals surface area contributed by atoms with Gasteiger partial charge in [0.1, 0.15) is 12.1 Å². The van der Waals surface area contributed by atoms with Crippen molar-refractivity contribution < 1.29 is 9.53 Å². The van der Waals surface area contributed by atoms with E-state index in [0.29, 0.717) is 29.4 Å². The van der Waals surface area contributed by atoms with Gasteiger partial charge >= 0.3 is 0 Å². The van der Waals surface area contributed by atoms with Gasteiger partial charge < -0.3 is 10.1 Å². The second kappa shape index (κ2) is 8.15. The largest absolute Gasteiger partial charge is 0.497 e. The Labute approximate surface area is 152 Å². The van der Waals surface area contributed by atoms with E-state index in [1.54, 1.807) is 44.0 Å². The van der Waals surface area contributed by atoms with Crippen LogP contribution in [0.3, 0.4) is 0 Å². The summed E-state index contributed by atoms with van der Waals surface area (Å²) in [6, 6.07) is 10.8. The first-order valence-corrected chi connectivity index (χ1v) is 8.39. The lowest BCUT2D eigenvalue weighted by atomic mass is 10.2. The van der Waals surface area contributed by atoms with Crippen molar-refractivity contribution in [2.75, 3.05) is 24.0 Å². The zero-order valence-electron chi connectivity index (χ0n) is 14.8. The molecular formula is C19H21N5O2. The van der Waals surface area contributed by atoms with Gasteiger partial charge in [-0.3, -0.25) is 9.80 Å². The van der Waals surface area contributed by atoms with E-state index in [4.69, 9.17) is 4.74 Å². The van der Waals surface area contributed by atoms with Crippen molar-refractivity contribution in [2.45, 2.75) is 13.3 Å². The molecule has 0 spiro atoms. The van der Waals surface area contributed by atoms with Crippen molar-refractivity contribution in [3.8, 4) is 5.75 Å². The van der Waals surface area contributed by atoms with Crippen LogP contribution >= 0.6 is 0 Å². The fourth-order valence-electron chi connectivity index (χ4n) is 2.62. The second-order valence-electron chi connectivity index (χ2n) is 5.63. The number of methoxy groups -OCH3 is 1. The number of imidazole rings is 1. The number of nitrogens with one attached hydrogen (secondary N) is 1. The van der Waals surface area contributed by atoms with Crippen molar-refractivity contribution in [1.82, 2.24) is 14.6 Å². The Balaban J connectivity index is 1.91. The molecule has 0 radical (unpaired) electrons. The van der Waals surface area contributed by atoms with Gasteiger partial charge in [-0.1, -0.05) is 13.0 Å². The maximum Gasteiger partial charge on any atom is 0.259 e. The summed E-state index contributed by atoms with van der Waals surface area (Å²) in [6.07, 6.45) is 7.78. The Morgan fingerprint density at radius 2 is 2.15 bits per heavy atom. The van der Waals surface area contributed by atoms with E-state index in [2.05, 4.69) is 22.2 Å². The Morgan fingerprint density at radius 3 is 2.88 bits per heavy atom. The number of carbonyl (C=O) groups is 1. The third-order valence-corrected chi connectivity index (χ3v) is 3.81. The molecule has 134 valence electrons. The summed E-state index contributed by atoms with van der Waals surface area (Å²) < 4.78 is 7.03. The van der Waals surface area contributed by atoms with Gasteiger partial charge in [0.2, 0.25) is 0 Å². The van der Waals surface area contributed by atoms with Crippen LogP contribution in [-0.4, -0.2) is 34.2 Å². The molecule has 2 heterocycles.